The van der Waals surface area contributed by atoms with Gasteiger partial charge in [-0.2, -0.15) is 13.7 Å². The lowest BCUT2D eigenvalue weighted by Gasteiger charge is -2.12. The average molecular weight is 345 g/mol. The van der Waals surface area contributed by atoms with E-state index in [2.05, 4.69) is 0 Å². The second-order valence-corrected chi connectivity index (χ2v) is 6.66. The maximum atomic E-state index is 12.3. The van der Waals surface area contributed by atoms with E-state index in [4.69, 9.17) is 14.2 Å². The van der Waals surface area contributed by atoms with Crippen molar-refractivity contribution in [2.24, 2.45) is 0 Å². The van der Waals surface area contributed by atoms with E-state index in [0.29, 0.717) is 17.6 Å². The molecule has 0 aromatic heterocycles. The minimum absolute atomic E-state index is 0.0606. The summed E-state index contributed by atoms with van der Waals surface area (Å²) in [6.07, 6.45) is -0.0314. The zero-order valence-corrected chi connectivity index (χ0v) is 13.9. The van der Waals surface area contributed by atoms with Gasteiger partial charge < -0.3 is 8.92 Å². The van der Waals surface area contributed by atoms with Gasteiger partial charge in [0.25, 0.3) is 0 Å². The first-order valence-corrected chi connectivity index (χ1v) is 8.43. The summed E-state index contributed by atoms with van der Waals surface area (Å²) in [6, 6.07) is 12.0. The van der Waals surface area contributed by atoms with Crippen LogP contribution in [-0.2, 0) is 14.9 Å². The molecule has 7 heteroatoms. The first-order valence-electron chi connectivity index (χ1n) is 7.02. The number of rotatable bonds is 6. The summed E-state index contributed by atoms with van der Waals surface area (Å²) >= 11 is 0. The van der Waals surface area contributed by atoms with Crippen LogP contribution < -0.4 is 8.92 Å². The smallest absolute Gasteiger partial charge is 0.339 e. The maximum Gasteiger partial charge on any atom is 0.339 e. The van der Waals surface area contributed by atoms with Crippen LogP contribution in [0.3, 0.4) is 0 Å². The van der Waals surface area contributed by atoms with Crippen LogP contribution in [0.2, 0.25) is 0 Å². The molecule has 0 saturated heterocycles. The first-order chi connectivity index (χ1) is 11.3. The summed E-state index contributed by atoms with van der Waals surface area (Å²) < 4.78 is 35.2. The molecular weight excluding hydrogens is 330 g/mol. The number of nitrogens with zero attached hydrogens (tertiary/aromatic N) is 1. The fourth-order valence-electron chi connectivity index (χ4n) is 1.97. The fraction of sp³-hybridized carbons (Fsp3) is 0.176. The Labute approximate surface area is 140 Å². The molecule has 0 heterocycles. The van der Waals surface area contributed by atoms with Crippen molar-refractivity contribution in [3.63, 3.8) is 0 Å². The van der Waals surface area contributed by atoms with Gasteiger partial charge in [-0.05, 0) is 49.7 Å². The first kappa shape index (κ1) is 17.5. The third-order valence-corrected chi connectivity index (χ3v) is 4.24. The molecule has 0 bridgehead atoms. The van der Waals surface area contributed by atoms with E-state index in [1.54, 1.807) is 19.9 Å². The number of benzene rings is 2. The van der Waals surface area contributed by atoms with E-state index in [-0.39, 0.29) is 16.2 Å². The second kappa shape index (κ2) is 7.15. The highest BCUT2D eigenvalue weighted by molar-refractivity contribution is 7.87. The largest absolute Gasteiger partial charge is 0.483 e. The van der Waals surface area contributed by atoms with Gasteiger partial charge in [0, 0.05) is 6.07 Å². The topological polar surface area (TPSA) is 93.5 Å². The van der Waals surface area contributed by atoms with Gasteiger partial charge in [-0.25, -0.2) is 0 Å². The Bertz CT molecular complexity index is 899. The van der Waals surface area contributed by atoms with Gasteiger partial charge in [-0.1, -0.05) is 6.07 Å². The van der Waals surface area contributed by atoms with Crippen molar-refractivity contribution >= 4 is 16.4 Å². The van der Waals surface area contributed by atoms with Crippen LogP contribution in [0.4, 0.5) is 0 Å². The third kappa shape index (κ3) is 4.33. The van der Waals surface area contributed by atoms with Crippen molar-refractivity contribution < 1.29 is 22.1 Å². The fourth-order valence-corrected chi connectivity index (χ4v) is 2.93. The molecule has 0 aliphatic heterocycles. The van der Waals surface area contributed by atoms with Crippen LogP contribution in [0.15, 0.2) is 47.4 Å². The van der Waals surface area contributed by atoms with Crippen molar-refractivity contribution in [2.45, 2.75) is 24.8 Å². The summed E-state index contributed by atoms with van der Waals surface area (Å²) in [5, 5.41) is 8.87. The Morgan fingerprint density at radius 1 is 1.17 bits per heavy atom. The molecule has 2 aromatic rings. The number of carbonyl (C=O) groups is 1. The Hall–Kier alpha value is -2.85. The lowest BCUT2D eigenvalue weighted by atomic mass is 10.2. The SMILES string of the molecule is Cc1cc(OC(C)C=O)cc(OS(=O)(=O)c2cccc(C#N)c2)c1. The molecule has 124 valence electrons. The molecule has 0 spiro atoms. The quantitative estimate of drug-likeness (QED) is 0.590. The van der Waals surface area contributed by atoms with Crippen molar-refractivity contribution in [1.82, 2.24) is 0 Å². The lowest BCUT2D eigenvalue weighted by Crippen LogP contribution is -2.13. The lowest BCUT2D eigenvalue weighted by molar-refractivity contribution is -0.113. The van der Waals surface area contributed by atoms with E-state index >= 15 is 0 Å². The highest BCUT2D eigenvalue weighted by Gasteiger charge is 2.18. The number of aldehydes is 1. The van der Waals surface area contributed by atoms with E-state index in [1.807, 2.05) is 6.07 Å². The van der Waals surface area contributed by atoms with Gasteiger partial charge in [0.15, 0.2) is 12.4 Å². The molecule has 0 radical (unpaired) electrons. The number of nitriles is 1. The Morgan fingerprint density at radius 3 is 2.54 bits per heavy atom. The summed E-state index contributed by atoms with van der Waals surface area (Å²) in [4.78, 5) is 10.6. The summed E-state index contributed by atoms with van der Waals surface area (Å²) in [5.74, 6) is 0.385. The van der Waals surface area contributed by atoms with Crippen molar-refractivity contribution in [3.8, 4) is 17.6 Å². The van der Waals surface area contributed by atoms with Crippen LogP contribution in [0.5, 0.6) is 11.5 Å². The van der Waals surface area contributed by atoms with Crippen LogP contribution in [-0.4, -0.2) is 20.8 Å². The molecule has 0 amide bonds. The molecule has 0 saturated carbocycles. The number of ether oxygens (including phenoxy) is 1. The third-order valence-electron chi connectivity index (χ3n) is 3.00. The zero-order chi connectivity index (χ0) is 17.7. The highest BCUT2D eigenvalue weighted by Crippen LogP contribution is 2.26. The molecule has 2 rings (SSSR count). The van der Waals surface area contributed by atoms with Crippen molar-refractivity contribution in [1.29, 1.82) is 5.26 Å². The minimum Gasteiger partial charge on any atom is -0.483 e. The average Bonchev–Trinajstić information content (AvgIpc) is 2.53. The van der Waals surface area contributed by atoms with Crippen molar-refractivity contribution in [3.05, 3.63) is 53.6 Å². The van der Waals surface area contributed by atoms with Crippen LogP contribution in [0, 0.1) is 18.3 Å². The molecule has 0 aliphatic rings. The predicted molar refractivity (Wildman–Crippen MR) is 86.3 cm³/mol. The van der Waals surface area contributed by atoms with Gasteiger partial charge in [0.2, 0.25) is 0 Å². The number of hydrogen-bond donors (Lipinski definition) is 0. The minimum atomic E-state index is -4.09. The van der Waals surface area contributed by atoms with E-state index in [9.17, 15) is 13.2 Å². The van der Waals surface area contributed by atoms with Gasteiger partial charge in [0.1, 0.15) is 16.4 Å². The summed E-state index contributed by atoms with van der Waals surface area (Å²) in [6.45, 7) is 3.31. The molecule has 2 aromatic carbocycles. The normalized spacial score (nSPS) is 12.0. The molecule has 1 atom stereocenters. The van der Waals surface area contributed by atoms with Crippen molar-refractivity contribution in [2.75, 3.05) is 0 Å². The number of hydrogen-bond acceptors (Lipinski definition) is 6. The summed E-state index contributed by atoms with van der Waals surface area (Å²) in [5.41, 5.74) is 0.925. The predicted octanol–water partition coefficient (Wildman–Crippen LogP) is 2.60. The molecule has 0 N–H and O–H groups in total. The molecule has 1 unspecified atom stereocenters. The molecule has 0 fully saturated rings. The maximum absolute atomic E-state index is 12.3. The Morgan fingerprint density at radius 2 is 1.88 bits per heavy atom. The van der Waals surface area contributed by atoms with Crippen LogP contribution in [0.25, 0.3) is 0 Å². The van der Waals surface area contributed by atoms with Gasteiger partial charge in [-0.3, -0.25) is 4.79 Å². The Kier molecular flexibility index (Phi) is 5.21. The molecule has 24 heavy (non-hydrogen) atoms. The van der Waals surface area contributed by atoms with Crippen LogP contribution >= 0.6 is 0 Å². The molecule has 0 aliphatic carbocycles. The zero-order valence-electron chi connectivity index (χ0n) is 13.1. The number of aryl methyl sites for hydroxylation is 1. The van der Waals surface area contributed by atoms with E-state index < -0.39 is 16.2 Å². The Balaban J connectivity index is 2.32. The van der Waals surface area contributed by atoms with Gasteiger partial charge >= 0.3 is 10.1 Å². The standard InChI is InChI=1S/C17H15NO5S/c1-12-6-15(22-13(2)11-19)9-16(7-12)23-24(20,21)17-5-3-4-14(8-17)10-18/h3-9,11,13H,1-2H3. The van der Waals surface area contributed by atoms with E-state index in [0.717, 1.165) is 0 Å². The van der Waals surface area contributed by atoms with E-state index in [1.165, 1.54) is 36.4 Å². The molecule has 6 nitrogen and oxygen atoms in total. The molecular formula is C17H15NO5S. The monoisotopic (exact) mass is 345 g/mol. The van der Waals surface area contributed by atoms with Crippen LogP contribution in [0.1, 0.15) is 18.1 Å². The second-order valence-electron chi connectivity index (χ2n) is 5.12. The van der Waals surface area contributed by atoms with Gasteiger partial charge in [-0.15, -0.1) is 0 Å². The number of carbonyl (C=O) groups excluding carboxylic acids is 1. The highest BCUT2D eigenvalue weighted by atomic mass is 32.2. The summed E-state index contributed by atoms with van der Waals surface area (Å²) in [7, 11) is -4.09. The van der Waals surface area contributed by atoms with Gasteiger partial charge in [0.05, 0.1) is 11.6 Å².